The Labute approximate surface area is 286 Å². The maximum Gasteiger partial charge on any atom is 0.446 e. The van der Waals surface area contributed by atoms with Crippen LogP contribution in [0.25, 0.3) is 65.2 Å². The minimum Gasteiger partial charge on any atom is -0.357 e. The lowest BCUT2D eigenvalue weighted by atomic mass is 9.98. The van der Waals surface area contributed by atoms with Crippen LogP contribution in [0.3, 0.4) is 0 Å². The first kappa shape index (κ1) is 34.8. The number of rotatable bonds is 6. The Morgan fingerprint density at radius 1 is 0.442 bits per heavy atom. The van der Waals surface area contributed by atoms with E-state index in [9.17, 15) is 71.1 Å². The molecule has 1 aromatic heterocycles. The van der Waals surface area contributed by atoms with E-state index in [1.165, 1.54) is 30.3 Å². The van der Waals surface area contributed by atoms with E-state index in [-0.39, 0.29) is 38.1 Å². The van der Waals surface area contributed by atoms with Gasteiger partial charge in [0.25, 0.3) is 20.2 Å². The molecule has 0 amide bonds. The van der Waals surface area contributed by atoms with Crippen LogP contribution in [0, 0.1) is 0 Å². The molecule has 0 saturated carbocycles. The largest absolute Gasteiger partial charge is 0.446 e. The van der Waals surface area contributed by atoms with Gasteiger partial charge in [-0.15, -0.1) is 0 Å². The van der Waals surface area contributed by atoms with E-state index in [0.717, 1.165) is 12.1 Å². The summed E-state index contributed by atoms with van der Waals surface area (Å²) in [5.74, 6) is -4.34. The second-order valence-corrected chi connectivity index (χ2v) is 15.6. The second kappa shape index (κ2) is 11.0. The fourth-order valence-corrected chi connectivity index (χ4v) is 8.91. The van der Waals surface area contributed by atoms with Gasteiger partial charge in [-0.1, -0.05) is 24.3 Å². The summed E-state index contributed by atoms with van der Waals surface area (Å²) < 4.78 is 145. The highest BCUT2D eigenvalue weighted by atomic mass is 32.3. The summed E-state index contributed by atoms with van der Waals surface area (Å²) in [6.45, 7) is 0. The zero-order chi connectivity index (χ0) is 38.0. The molecule has 0 aliphatic carbocycles. The van der Waals surface area contributed by atoms with Gasteiger partial charge in [0.1, 0.15) is 15.9 Å². The van der Waals surface area contributed by atoms with Crippen molar-refractivity contribution in [2.75, 3.05) is 0 Å². The number of aromatic nitrogens is 2. The molecule has 24 heteroatoms. The minimum absolute atomic E-state index is 0.0462. The van der Waals surface area contributed by atoms with Crippen LogP contribution in [0.1, 0.15) is 0 Å². The second-order valence-electron chi connectivity index (χ2n) is 10.8. The van der Waals surface area contributed by atoms with E-state index in [1.54, 1.807) is 6.07 Å². The third-order valence-corrected chi connectivity index (χ3v) is 10.5. The van der Waals surface area contributed by atoms with Gasteiger partial charge in [0, 0.05) is 21.5 Å². The lowest BCUT2D eigenvalue weighted by Crippen LogP contribution is -2.23. The molecule has 6 aromatic carbocycles. The zero-order valence-corrected chi connectivity index (χ0v) is 27.9. The molecule has 4 N–H and O–H groups in total. The van der Waals surface area contributed by atoms with Gasteiger partial charge in [-0.3, -0.25) is 37.4 Å². The minimum atomic E-state index is -6.31. The molecule has 0 atom stereocenters. The van der Waals surface area contributed by atoms with Gasteiger partial charge in [0.15, 0.2) is 26.6 Å². The summed E-state index contributed by atoms with van der Waals surface area (Å²) in [6.07, 6.45) is 0. The SMILES string of the molecule is O=c1c2ccccc2c(=O)c2c1ccc1nc3c(ccc4c(=O)c5c(OS(=O)(=O)O)c(OS(=O)(=O)O)c(S(=O)(=O)O)c(S(=O)(=O)O)c5c(=O)c43)nc12. The van der Waals surface area contributed by atoms with Crippen LogP contribution in [-0.2, 0) is 41.0 Å². The predicted octanol–water partition coefficient (Wildman–Crippen LogP) is 0.569. The van der Waals surface area contributed by atoms with E-state index < -0.39 is 111 Å². The van der Waals surface area contributed by atoms with Crippen molar-refractivity contribution in [2.24, 2.45) is 0 Å². The summed E-state index contributed by atoms with van der Waals surface area (Å²) >= 11 is 0. The molecule has 52 heavy (non-hydrogen) atoms. The topological polar surface area (TPSA) is 330 Å². The normalized spacial score (nSPS) is 13.2. The van der Waals surface area contributed by atoms with Gasteiger partial charge in [-0.2, -0.15) is 33.7 Å². The molecule has 20 nitrogen and oxygen atoms in total. The van der Waals surface area contributed by atoms with Crippen LogP contribution >= 0.6 is 0 Å². The van der Waals surface area contributed by atoms with Crippen molar-refractivity contribution < 1.29 is 60.2 Å². The maximum absolute atomic E-state index is 14.3. The van der Waals surface area contributed by atoms with Gasteiger partial charge in [-0.25, -0.2) is 9.97 Å². The third-order valence-electron chi connectivity index (χ3n) is 7.81. The highest BCUT2D eigenvalue weighted by Gasteiger charge is 2.40. The quantitative estimate of drug-likeness (QED) is 0.102. The molecule has 0 aliphatic heterocycles. The Morgan fingerprint density at radius 2 is 0.865 bits per heavy atom. The molecule has 0 fully saturated rings. The summed E-state index contributed by atoms with van der Waals surface area (Å²) in [7, 11) is -24.6. The first-order chi connectivity index (χ1) is 24.0. The molecule has 7 rings (SSSR count). The van der Waals surface area contributed by atoms with Crippen LogP contribution in [0.2, 0.25) is 0 Å². The standard InChI is InChI=1S/C28H12N2O18S4/c31-21-9-3-1-2-4-10(9)22(32)15-11(21)5-7-13-19(15)29-14-8-6-12-16(20(14)30-13)24(34)18-17(23(12)33)25(47-51(41,42)43)26(48-52(44,45)46)28(50(38,39)40)27(18)49(35,36)37/h1-8H,(H,35,36,37)(H,38,39,40)(H,41,42,43)(H,44,45,46). The van der Waals surface area contributed by atoms with E-state index >= 15 is 0 Å². The molecular formula is C28H12N2O18S4. The summed E-state index contributed by atoms with van der Waals surface area (Å²) in [4.78, 5) is 59.1. The molecule has 0 saturated heterocycles. The summed E-state index contributed by atoms with van der Waals surface area (Å²) in [6, 6.07) is 10.2. The van der Waals surface area contributed by atoms with Crippen molar-refractivity contribution in [2.45, 2.75) is 9.79 Å². The van der Waals surface area contributed by atoms with Gasteiger partial charge in [0.2, 0.25) is 11.5 Å². The van der Waals surface area contributed by atoms with Gasteiger partial charge in [0.05, 0.1) is 32.6 Å². The van der Waals surface area contributed by atoms with Gasteiger partial charge >= 0.3 is 20.8 Å². The van der Waals surface area contributed by atoms with E-state index in [4.69, 9.17) is 0 Å². The van der Waals surface area contributed by atoms with Gasteiger partial charge in [-0.05, 0) is 24.3 Å². The van der Waals surface area contributed by atoms with Crippen molar-refractivity contribution in [3.05, 3.63) is 89.4 Å². The highest BCUT2D eigenvalue weighted by molar-refractivity contribution is 7.89. The zero-order valence-electron chi connectivity index (χ0n) is 24.7. The highest BCUT2D eigenvalue weighted by Crippen LogP contribution is 2.46. The molecule has 7 aromatic rings. The molecule has 0 bridgehead atoms. The Hall–Kier alpha value is -5.60. The van der Waals surface area contributed by atoms with Crippen molar-refractivity contribution in [1.29, 1.82) is 0 Å². The summed E-state index contributed by atoms with van der Waals surface area (Å²) in [5, 5.41) is -5.15. The molecule has 0 spiro atoms. The molecule has 0 aliphatic rings. The maximum atomic E-state index is 14.3. The molecular weight excluding hydrogens is 781 g/mol. The lowest BCUT2D eigenvalue weighted by molar-refractivity contribution is 0.356. The Morgan fingerprint density at radius 3 is 1.35 bits per heavy atom. The van der Waals surface area contributed by atoms with Crippen molar-refractivity contribution >= 4 is 106 Å². The first-order valence-electron chi connectivity index (χ1n) is 13.6. The average molecular weight is 793 g/mol. The van der Waals surface area contributed by atoms with Crippen molar-refractivity contribution in [1.82, 2.24) is 9.97 Å². The number of hydrogen-bond acceptors (Lipinski definition) is 16. The number of nitrogens with zero attached hydrogens (tertiary/aromatic N) is 2. The summed E-state index contributed by atoms with van der Waals surface area (Å²) in [5.41, 5.74) is -5.76. The van der Waals surface area contributed by atoms with Gasteiger partial charge < -0.3 is 8.37 Å². The third kappa shape index (κ3) is 5.32. The van der Waals surface area contributed by atoms with E-state index in [0.29, 0.717) is 0 Å². The van der Waals surface area contributed by atoms with Crippen LogP contribution in [0.15, 0.2) is 77.5 Å². The lowest BCUT2D eigenvalue weighted by Gasteiger charge is -2.17. The van der Waals surface area contributed by atoms with Crippen LogP contribution in [0.4, 0.5) is 0 Å². The van der Waals surface area contributed by atoms with Crippen LogP contribution in [-0.4, -0.2) is 61.9 Å². The molecule has 1 heterocycles. The fourth-order valence-electron chi connectivity index (χ4n) is 6.00. The Kier molecular flexibility index (Phi) is 7.34. The van der Waals surface area contributed by atoms with Crippen LogP contribution < -0.4 is 30.1 Å². The molecule has 266 valence electrons. The Bertz CT molecular complexity index is 3540. The number of fused-ring (bicyclic) bond motifs is 8. The predicted molar refractivity (Wildman–Crippen MR) is 179 cm³/mol. The van der Waals surface area contributed by atoms with Crippen molar-refractivity contribution in [3.8, 4) is 11.5 Å². The number of benzene rings is 6. The fraction of sp³-hybridized carbons (Fsp3) is 0. The van der Waals surface area contributed by atoms with E-state index in [1.807, 2.05) is 0 Å². The average Bonchev–Trinajstić information content (AvgIpc) is 3.02. The Balaban J connectivity index is 1.77. The number of hydrogen-bond donors (Lipinski definition) is 4. The van der Waals surface area contributed by atoms with Crippen molar-refractivity contribution in [3.63, 3.8) is 0 Å². The van der Waals surface area contributed by atoms with Crippen LogP contribution in [0.5, 0.6) is 11.5 Å². The monoisotopic (exact) mass is 792 g/mol. The molecule has 0 radical (unpaired) electrons. The van der Waals surface area contributed by atoms with E-state index in [2.05, 4.69) is 18.3 Å². The smallest absolute Gasteiger partial charge is 0.357 e. The first-order valence-corrected chi connectivity index (χ1v) is 19.2. The molecule has 0 unspecified atom stereocenters.